The summed E-state index contributed by atoms with van der Waals surface area (Å²) in [6.07, 6.45) is 5.06. The zero-order chi connectivity index (χ0) is 11.0. The van der Waals surface area contributed by atoms with E-state index < -0.39 is 0 Å². The molecule has 2 aromatic rings. The molecular formula is C14H18N2. The minimum Gasteiger partial charge on any atom is -0.358 e. The van der Waals surface area contributed by atoms with Crippen molar-refractivity contribution in [2.24, 2.45) is 5.73 Å². The number of rotatable bonds is 3. The summed E-state index contributed by atoms with van der Waals surface area (Å²) in [6, 6.07) is 8.94. The molecule has 16 heavy (non-hydrogen) atoms. The highest BCUT2D eigenvalue weighted by molar-refractivity contribution is 5.81. The van der Waals surface area contributed by atoms with Gasteiger partial charge < -0.3 is 10.7 Å². The first-order valence-corrected chi connectivity index (χ1v) is 6.18. The molecule has 1 aliphatic rings. The molecule has 1 aliphatic carbocycles. The lowest BCUT2D eigenvalue weighted by molar-refractivity contribution is 0.413. The summed E-state index contributed by atoms with van der Waals surface area (Å²) in [5.41, 5.74) is 9.61. The Balaban J connectivity index is 1.96. The van der Waals surface area contributed by atoms with Crippen LogP contribution in [0.1, 0.15) is 36.4 Å². The Morgan fingerprint density at radius 3 is 2.81 bits per heavy atom. The molecule has 3 N–H and O–H groups in total. The summed E-state index contributed by atoms with van der Waals surface area (Å²) in [5.74, 6) is 0.783. The third-order valence-corrected chi connectivity index (χ3v) is 3.68. The molecule has 0 bridgehead atoms. The van der Waals surface area contributed by atoms with E-state index in [-0.39, 0.29) is 0 Å². The van der Waals surface area contributed by atoms with Gasteiger partial charge in [0, 0.05) is 11.2 Å². The van der Waals surface area contributed by atoms with Gasteiger partial charge in [-0.1, -0.05) is 12.5 Å². The van der Waals surface area contributed by atoms with Crippen LogP contribution < -0.4 is 5.73 Å². The molecule has 0 saturated heterocycles. The summed E-state index contributed by atoms with van der Waals surface area (Å²) in [6.45, 7) is 0.728. The van der Waals surface area contributed by atoms with Crippen molar-refractivity contribution in [2.45, 2.75) is 31.6 Å². The molecule has 1 aromatic heterocycles. The van der Waals surface area contributed by atoms with Crippen molar-refractivity contribution < 1.29 is 0 Å². The number of aromatic amines is 1. The molecular weight excluding hydrogens is 196 g/mol. The molecule has 1 saturated carbocycles. The van der Waals surface area contributed by atoms with Crippen molar-refractivity contribution in [3.8, 4) is 0 Å². The van der Waals surface area contributed by atoms with Gasteiger partial charge in [0.25, 0.3) is 0 Å². The normalized spacial score (nSPS) is 16.6. The number of nitrogens with two attached hydrogens (primary N) is 1. The van der Waals surface area contributed by atoms with E-state index in [1.54, 1.807) is 0 Å². The Kier molecular flexibility index (Phi) is 2.44. The van der Waals surface area contributed by atoms with Crippen molar-refractivity contribution in [1.82, 2.24) is 4.98 Å². The zero-order valence-corrected chi connectivity index (χ0v) is 9.50. The van der Waals surface area contributed by atoms with Crippen LogP contribution in [0.4, 0.5) is 0 Å². The van der Waals surface area contributed by atoms with E-state index in [1.165, 1.54) is 41.4 Å². The van der Waals surface area contributed by atoms with Crippen molar-refractivity contribution >= 4 is 10.9 Å². The average Bonchev–Trinajstić information content (AvgIpc) is 2.57. The third-order valence-electron chi connectivity index (χ3n) is 3.68. The van der Waals surface area contributed by atoms with Crippen LogP contribution in [0, 0.1) is 0 Å². The topological polar surface area (TPSA) is 41.8 Å². The predicted molar refractivity (Wildman–Crippen MR) is 67.6 cm³/mol. The van der Waals surface area contributed by atoms with Crippen LogP contribution in [0.5, 0.6) is 0 Å². The lowest BCUT2D eigenvalue weighted by Gasteiger charge is -2.23. The molecule has 2 nitrogen and oxygen atoms in total. The summed E-state index contributed by atoms with van der Waals surface area (Å²) in [4.78, 5) is 3.54. The fraction of sp³-hybridized carbons (Fsp3) is 0.429. The van der Waals surface area contributed by atoms with Gasteiger partial charge in [0.15, 0.2) is 0 Å². The summed E-state index contributed by atoms with van der Waals surface area (Å²) >= 11 is 0. The smallest absolute Gasteiger partial charge is 0.0456 e. The van der Waals surface area contributed by atoms with Gasteiger partial charge >= 0.3 is 0 Å². The first kappa shape index (κ1) is 9.91. The Labute approximate surface area is 95.8 Å². The van der Waals surface area contributed by atoms with E-state index in [9.17, 15) is 0 Å². The molecule has 0 radical (unpaired) electrons. The molecule has 0 spiro atoms. The van der Waals surface area contributed by atoms with Crippen LogP contribution in [0.2, 0.25) is 0 Å². The van der Waals surface area contributed by atoms with E-state index in [4.69, 9.17) is 5.73 Å². The first-order chi connectivity index (χ1) is 7.86. The molecule has 1 aromatic carbocycles. The molecule has 0 atom stereocenters. The highest BCUT2D eigenvalue weighted by Crippen LogP contribution is 2.37. The van der Waals surface area contributed by atoms with E-state index in [0.29, 0.717) is 0 Å². The molecule has 0 amide bonds. The zero-order valence-electron chi connectivity index (χ0n) is 9.50. The van der Waals surface area contributed by atoms with Crippen LogP contribution in [0.3, 0.4) is 0 Å². The SMILES string of the molecule is NCCc1ccc2[nH]c(C3CCC3)cc2c1. The first-order valence-electron chi connectivity index (χ1n) is 6.18. The molecule has 2 heteroatoms. The summed E-state index contributed by atoms with van der Waals surface area (Å²) < 4.78 is 0. The lowest BCUT2D eigenvalue weighted by Crippen LogP contribution is -2.08. The van der Waals surface area contributed by atoms with Gasteiger partial charge in [-0.15, -0.1) is 0 Å². The average molecular weight is 214 g/mol. The third kappa shape index (κ3) is 1.63. The highest BCUT2D eigenvalue weighted by Gasteiger charge is 2.20. The van der Waals surface area contributed by atoms with Gasteiger partial charge in [-0.3, -0.25) is 0 Å². The molecule has 1 fully saturated rings. The van der Waals surface area contributed by atoms with Gasteiger partial charge in [0.1, 0.15) is 0 Å². The van der Waals surface area contributed by atoms with Crippen LogP contribution >= 0.6 is 0 Å². The largest absolute Gasteiger partial charge is 0.358 e. The van der Waals surface area contributed by atoms with E-state index in [1.807, 2.05) is 0 Å². The maximum absolute atomic E-state index is 5.58. The van der Waals surface area contributed by atoms with Crippen LogP contribution in [0.25, 0.3) is 10.9 Å². The fourth-order valence-electron chi connectivity index (χ4n) is 2.47. The second-order valence-electron chi connectivity index (χ2n) is 4.81. The maximum atomic E-state index is 5.58. The Morgan fingerprint density at radius 2 is 2.12 bits per heavy atom. The van der Waals surface area contributed by atoms with Gasteiger partial charge in [-0.25, -0.2) is 0 Å². The molecule has 0 aliphatic heterocycles. The molecule has 3 rings (SSSR count). The van der Waals surface area contributed by atoms with E-state index >= 15 is 0 Å². The van der Waals surface area contributed by atoms with Crippen molar-refractivity contribution in [1.29, 1.82) is 0 Å². The monoisotopic (exact) mass is 214 g/mol. The van der Waals surface area contributed by atoms with Gasteiger partial charge in [0.05, 0.1) is 0 Å². The number of hydrogen-bond acceptors (Lipinski definition) is 1. The second-order valence-corrected chi connectivity index (χ2v) is 4.81. The Bertz CT molecular complexity index is 494. The summed E-state index contributed by atoms with van der Waals surface area (Å²) in [5, 5.41) is 1.34. The van der Waals surface area contributed by atoms with Crippen molar-refractivity contribution in [3.63, 3.8) is 0 Å². The minimum atomic E-state index is 0.728. The number of nitrogens with one attached hydrogen (secondary N) is 1. The quantitative estimate of drug-likeness (QED) is 0.810. The Morgan fingerprint density at radius 1 is 1.25 bits per heavy atom. The van der Waals surface area contributed by atoms with Crippen LogP contribution in [-0.2, 0) is 6.42 Å². The number of benzene rings is 1. The van der Waals surface area contributed by atoms with Gasteiger partial charge in [-0.2, -0.15) is 0 Å². The Hall–Kier alpha value is -1.28. The highest BCUT2D eigenvalue weighted by atomic mass is 14.7. The lowest BCUT2D eigenvalue weighted by atomic mass is 9.83. The van der Waals surface area contributed by atoms with Gasteiger partial charge in [-0.05, 0) is 60.9 Å². The number of fused-ring (bicyclic) bond motifs is 1. The molecule has 84 valence electrons. The molecule has 0 unspecified atom stereocenters. The van der Waals surface area contributed by atoms with Crippen LogP contribution in [0.15, 0.2) is 24.3 Å². The number of H-pyrrole nitrogens is 1. The minimum absolute atomic E-state index is 0.728. The number of aromatic nitrogens is 1. The predicted octanol–water partition coefficient (Wildman–Crippen LogP) is 2.94. The summed E-state index contributed by atoms with van der Waals surface area (Å²) in [7, 11) is 0. The van der Waals surface area contributed by atoms with Crippen LogP contribution in [-0.4, -0.2) is 11.5 Å². The number of hydrogen-bond donors (Lipinski definition) is 2. The van der Waals surface area contributed by atoms with E-state index in [2.05, 4.69) is 29.2 Å². The molecule has 1 heterocycles. The van der Waals surface area contributed by atoms with Crippen molar-refractivity contribution in [3.05, 3.63) is 35.5 Å². The van der Waals surface area contributed by atoms with Gasteiger partial charge in [0.2, 0.25) is 0 Å². The fourth-order valence-corrected chi connectivity index (χ4v) is 2.47. The van der Waals surface area contributed by atoms with E-state index in [0.717, 1.165) is 18.9 Å². The van der Waals surface area contributed by atoms with Crippen molar-refractivity contribution in [2.75, 3.05) is 6.54 Å². The maximum Gasteiger partial charge on any atom is 0.0456 e. The standard InChI is InChI=1S/C14H18N2/c15-7-6-10-4-5-13-12(8-10)9-14(16-13)11-2-1-3-11/h4-5,8-9,11,16H,1-3,6-7,15H2. The second kappa shape index (κ2) is 3.95.